The molecule has 0 radical (unpaired) electrons. The average molecular weight is 883 g/mol. The normalized spacial score (nSPS) is 17.5. The van der Waals surface area contributed by atoms with Crippen molar-refractivity contribution in [1.82, 2.24) is 19.5 Å². The zero-order valence-corrected chi connectivity index (χ0v) is 38.1. The highest BCUT2D eigenvalue weighted by Crippen LogP contribution is 2.50. The number of hydrogen-bond acceptors (Lipinski definition) is 11. The number of benzene rings is 4. The monoisotopic (exact) mass is 882 g/mol. The molecule has 1 aliphatic rings. The van der Waals surface area contributed by atoms with Crippen LogP contribution in [0.5, 0.6) is 11.5 Å². The number of H-pyrrole nitrogens is 1. The van der Waals surface area contributed by atoms with Crippen LogP contribution < -0.4 is 26.0 Å². The van der Waals surface area contributed by atoms with Gasteiger partial charge in [0, 0.05) is 30.3 Å². The smallest absolute Gasteiger partial charge is 0.407 e. The van der Waals surface area contributed by atoms with Gasteiger partial charge in [-0.05, 0) is 88.1 Å². The zero-order chi connectivity index (χ0) is 45.1. The lowest BCUT2D eigenvalue weighted by molar-refractivity contribution is -0.0926. The van der Waals surface area contributed by atoms with Crippen LogP contribution in [0.25, 0.3) is 0 Å². The number of nitrogens with zero attached hydrogens (tertiary/aromatic N) is 2. The molecular weight excluding hydrogens is 824 g/mol. The molecule has 63 heavy (non-hydrogen) atoms. The summed E-state index contributed by atoms with van der Waals surface area (Å²) in [5.41, 5.74) is 1.52. The van der Waals surface area contributed by atoms with Crippen LogP contribution in [0.2, 0.25) is 0 Å². The van der Waals surface area contributed by atoms with Gasteiger partial charge in [-0.25, -0.2) is 14.3 Å². The van der Waals surface area contributed by atoms with Gasteiger partial charge in [0.15, 0.2) is 0 Å². The van der Waals surface area contributed by atoms with Gasteiger partial charge in [0.05, 0.1) is 39.6 Å². The summed E-state index contributed by atoms with van der Waals surface area (Å²) in [4.78, 5) is 41.0. The molecule has 1 amide bonds. The number of alkyl carbamates (subject to hydrolysis) is 1. The van der Waals surface area contributed by atoms with Crippen LogP contribution in [0.1, 0.15) is 75.1 Å². The number of rotatable bonds is 20. The van der Waals surface area contributed by atoms with Crippen LogP contribution >= 0.6 is 8.53 Å². The number of aromatic amines is 1. The minimum Gasteiger partial charge on any atom is -0.497 e. The molecule has 5 aromatic rings. The summed E-state index contributed by atoms with van der Waals surface area (Å²) in [5, 5.41) is 2.87. The number of ether oxygens (including phenoxy) is 5. The van der Waals surface area contributed by atoms with E-state index in [1.807, 2.05) is 116 Å². The van der Waals surface area contributed by atoms with Crippen LogP contribution in [0.3, 0.4) is 0 Å². The summed E-state index contributed by atoms with van der Waals surface area (Å²) in [7, 11) is 1.45. The van der Waals surface area contributed by atoms with Gasteiger partial charge < -0.3 is 38.0 Å². The molecular formula is C48H59N4O10P. The second kappa shape index (κ2) is 21.8. The van der Waals surface area contributed by atoms with E-state index in [2.05, 4.69) is 42.7 Å². The first kappa shape index (κ1) is 47.1. The Balaban J connectivity index is 1.34. The van der Waals surface area contributed by atoms with E-state index in [4.69, 9.17) is 32.7 Å². The maximum atomic E-state index is 13.3. The average Bonchev–Trinajstić information content (AvgIpc) is 3.68. The van der Waals surface area contributed by atoms with Crippen molar-refractivity contribution in [1.29, 1.82) is 0 Å². The first-order chi connectivity index (χ1) is 30.3. The molecule has 6 rings (SSSR count). The Kier molecular flexibility index (Phi) is 16.3. The van der Waals surface area contributed by atoms with Crippen molar-refractivity contribution in [3.05, 3.63) is 164 Å². The molecule has 1 saturated heterocycles. The topological polar surface area (TPSA) is 152 Å². The van der Waals surface area contributed by atoms with Crippen molar-refractivity contribution in [2.75, 3.05) is 27.4 Å². The van der Waals surface area contributed by atoms with E-state index in [-0.39, 0.29) is 38.3 Å². The zero-order valence-electron chi connectivity index (χ0n) is 37.2. The number of nitrogens with one attached hydrogen (secondary N) is 2. The van der Waals surface area contributed by atoms with E-state index < -0.39 is 55.9 Å². The van der Waals surface area contributed by atoms with Gasteiger partial charge in [0.1, 0.15) is 36.0 Å². The van der Waals surface area contributed by atoms with Gasteiger partial charge in [-0.15, -0.1) is 0 Å². The maximum absolute atomic E-state index is 13.3. The first-order valence-electron chi connectivity index (χ1n) is 21.1. The Bertz CT molecular complexity index is 2270. The standard InChI is InChI=1S/C48H59N4O10P/c1-32(2)52(33(3)4)63(60-29-35(6)49-47(55)58-30-36-15-11-9-12-16-36)62-42-27-44(51-28-34(5)45(53)50-46(51)54)61-43(42)31-59-48(37-17-13-10-14-18-37,38-19-23-40(56-7)24-20-38)39-21-25-41(57-8)26-22-39/h9-26,28,32-33,35,42-44H,27,29-31H2,1-8H3,(H,49,55)(H,50,53,54)/t35-,42-,43+,44+,63?/m0/s1. The fraction of sp³-hybridized carbons (Fsp3) is 0.396. The van der Waals surface area contributed by atoms with Crippen LogP contribution in [0, 0.1) is 6.92 Å². The van der Waals surface area contributed by atoms with Gasteiger partial charge in [-0.1, -0.05) is 84.9 Å². The van der Waals surface area contributed by atoms with Gasteiger partial charge in [0.25, 0.3) is 14.1 Å². The fourth-order valence-electron chi connectivity index (χ4n) is 7.64. The molecule has 336 valence electrons. The first-order valence-corrected chi connectivity index (χ1v) is 22.3. The summed E-state index contributed by atoms with van der Waals surface area (Å²) in [5.74, 6) is 1.38. The summed E-state index contributed by atoms with van der Waals surface area (Å²) in [6.07, 6.45) is -1.05. The number of carbonyl (C=O) groups is 1. The van der Waals surface area contributed by atoms with Crippen LogP contribution in [0.15, 0.2) is 125 Å². The lowest BCUT2D eigenvalue weighted by atomic mass is 9.80. The van der Waals surface area contributed by atoms with E-state index in [0.717, 1.165) is 22.3 Å². The van der Waals surface area contributed by atoms with Gasteiger partial charge in [-0.2, -0.15) is 0 Å². The highest BCUT2D eigenvalue weighted by Gasteiger charge is 2.45. The van der Waals surface area contributed by atoms with Crippen molar-refractivity contribution in [2.45, 2.75) is 96.7 Å². The Labute approximate surface area is 370 Å². The lowest BCUT2D eigenvalue weighted by Crippen LogP contribution is -2.40. The largest absolute Gasteiger partial charge is 0.497 e. The molecule has 2 N–H and O–H groups in total. The van der Waals surface area contributed by atoms with Crippen molar-refractivity contribution in [3.63, 3.8) is 0 Å². The molecule has 4 aromatic carbocycles. The summed E-state index contributed by atoms with van der Waals surface area (Å²) in [6, 6.07) is 34.5. The van der Waals surface area contributed by atoms with Crippen molar-refractivity contribution in [3.8, 4) is 11.5 Å². The van der Waals surface area contributed by atoms with Crippen molar-refractivity contribution < 1.29 is 37.5 Å². The van der Waals surface area contributed by atoms with E-state index in [0.29, 0.717) is 17.1 Å². The highest BCUT2D eigenvalue weighted by molar-refractivity contribution is 7.44. The summed E-state index contributed by atoms with van der Waals surface area (Å²) < 4.78 is 47.8. The van der Waals surface area contributed by atoms with Gasteiger partial charge in [0.2, 0.25) is 0 Å². The second-order valence-corrected chi connectivity index (χ2v) is 17.4. The quantitative estimate of drug-likeness (QED) is 0.0575. The van der Waals surface area contributed by atoms with Crippen molar-refractivity contribution in [2.24, 2.45) is 0 Å². The Morgan fingerprint density at radius 3 is 1.95 bits per heavy atom. The van der Waals surface area contributed by atoms with E-state index in [1.165, 1.54) is 10.8 Å². The van der Waals surface area contributed by atoms with Crippen LogP contribution in [0.4, 0.5) is 4.79 Å². The van der Waals surface area contributed by atoms with Crippen molar-refractivity contribution >= 4 is 14.6 Å². The third-order valence-electron chi connectivity index (χ3n) is 10.8. The Morgan fingerprint density at radius 2 is 1.40 bits per heavy atom. The van der Waals surface area contributed by atoms with Crippen LogP contribution in [-0.4, -0.2) is 78.1 Å². The molecule has 1 fully saturated rings. The third kappa shape index (κ3) is 11.6. The highest BCUT2D eigenvalue weighted by atomic mass is 31.2. The predicted octanol–water partition coefficient (Wildman–Crippen LogP) is 8.22. The van der Waals surface area contributed by atoms with Crippen LogP contribution in [-0.2, 0) is 35.5 Å². The molecule has 14 nitrogen and oxygen atoms in total. The number of aromatic nitrogens is 2. The molecule has 5 atom stereocenters. The number of amides is 1. The molecule has 1 aromatic heterocycles. The van der Waals surface area contributed by atoms with E-state index >= 15 is 0 Å². The molecule has 0 saturated carbocycles. The molecule has 15 heteroatoms. The SMILES string of the molecule is COc1ccc(C(OC[C@H]2O[C@@H](n3cc(C)c(=O)[nH]c3=O)C[C@@H]2OP(OC[C@H](C)NC(=O)OCc2ccccc2)N(C(C)C)C(C)C)(c2ccccc2)c2ccc(OC)cc2)cc1. The van der Waals surface area contributed by atoms with Gasteiger partial charge in [-0.3, -0.25) is 14.3 Å². The Hall–Kier alpha value is -5.34. The predicted molar refractivity (Wildman–Crippen MR) is 242 cm³/mol. The van der Waals surface area contributed by atoms with E-state index in [9.17, 15) is 14.4 Å². The third-order valence-corrected chi connectivity index (χ3v) is 12.9. The summed E-state index contributed by atoms with van der Waals surface area (Å²) in [6.45, 7) is 12.0. The fourth-order valence-corrected chi connectivity index (χ4v) is 9.50. The lowest BCUT2D eigenvalue weighted by Gasteiger charge is -2.39. The number of methoxy groups -OCH3 is 2. The minimum atomic E-state index is -1.80. The van der Waals surface area contributed by atoms with E-state index in [1.54, 1.807) is 21.1 Å². The number of aryl methyl sites for hydroxylation is 1. The summed E-state index contributed by atoms with van der Waals surface area (Å²) >= 11 is 0. The second-order valence-electron chi connectivity index (χ2n) is 16.0. The number of carbonyl (C=O) groups excluding carboxylic acids is 1. The molecule has 0 spiro atoms. The maximum Gasteiger partial charge on any atom is 0.407 e. The van der Waals surface area contributed by atoms with Gasteiger partial charge >= 0.3 is 11.8 Å². The molecule has 0 aliphatic carbocycles. The Morgan fingerprint density at radius 1 is 0.841 bits per heavy atom. The molecule has 0 bridgehead atoms. The molecule has 1 unspecified atom stereocenters. The molecule has 1 aliphatic heterocycles. The molecule has 2 heterocycles. The minimum absolute atomic E-state index is 0.00293. The number of hydrogen-bond donors (Lipinski definition) is 2.